The Bertz CT molecular complexity index is 688. The lowest BCUT2D eigenvalue weighted by molar-refractivity contribution is 0.113. The molecule has 0 bridgehead atoms. The molecular weight excluding hydrogens is 311 g/mol. The van der Waals surface area contributed by atoms with Gasteiger partial charge < -0.3 is 19.4 Å². The fourth-order valence-corrected chi connectivity index (χ4v) is 2.85. The number of halogens is 1. The molecule has 2 aromatic rings. The van der Waals surface area contributed by atoms with Crippen molar-refractivity contribution in [3.63, 3.8) is 0 Å². The van der Waals surface area contributed by atoms with Gasteiger partial charge in [0.2, 0.25) is 0 Å². The minimum Gasteiger partial charge on any atom is -0.464 e. The van der Waals surface area contributed by atoms with Gasteiger partial charge in [-0.2, -0.15) is 0 Å². The third-order valence-electron chi connectivity index (χ3n) is 4.14. The molecule has 24 heavy (non-hydrogen) atoms. The quantitative estimate of drug-likeness (QED) is 0.901. The zero-order valence-electron chi connectivity index (χ0n) is 13.6. The molecule has 2 amide bonds. The van der Waals surface area contributed by atoms with Crippen LogP contribution in [0.4, 0.5) is 14.9 Å². The summed E-state index contributed by atoms with van der Waals surface area (Å²) in [5.74, 6) is 0.502. The first-order chi connectivity index (χ1) is 11.7. The normalized spacial score (nSPS) is 17.2. The first-order valence-electron chi connectivity index (χ1n) is 8.14. The van der Waals surface area contributed by atoms with E-state index in [0.29, 0.717) is 43.5 Å². The van der Waals surface area contributed by atoms with Crippen LogP contribution in [-0.4, -0.2) is 37.2 Å². The summed E-state index contributed by atoms with van der Waals surface area (Å²) >= 11 is 0. The standard InChI is InChI=1S/C18H21FN2O3/c1-2-23-12-13-7-8-21(11-13)18(22)20-16-10-14(5-6-15(16)19)17-4-3-9-24-17/h3-6,9-10,13H,2,7-8,11-12H2,1H3,(H,20,22)/t13-/m0/s1. The Labute approximate surface area is 140 Å². The highest BCUT2D eigenvalue weighted by molar-refractivity contribution is 5.90. The molecule has 1 N–H and O–H groups in total. The Morgan fingerprint density at radius 3 is 3.08 bits per heavy atom. The van der Waals surface area contributed by atoms with Crippen LogP contribution in [0.15, 0.2) is 41.0 Å². The number of furan rings is 1. The molecule has 0 saturated carbocycles. The van der Waals surface area contributed by atoms with Crippen molar-refractivity contribution in [2.45, 2.75) is 13.3 Å². The maximum atomic E-state index is 14.0. The second kappa shape index (κ2) is 7.49. The highest BCUT2D eigenvalue weighted by atomic mass is 19.1. The SMILES string of the molecule is CCOC[C@H]1CCN(C(=O)Nc2cc(-c3ccco3)ccc2F)C1. The fourth-order valence-electron chi connectivity index (χ4n) is 2.85. The van der Waals surface area contributed by atoms with E-state index in [2.05, 4.69) is 5.32 Å². The number of rotatable bonds is 5. The van der Waals surface area contributed by atoms with Gasteiger partial charge in [0, 0.05) is 31.2 Å². The average molecular weight is 332 g/mol. The Kier molecular flexibility index (Phi) is 5.15. The topological polar surface area (TPSA) is 54.7 Å². The minimum atomic E-state index is -0.469. The van der Waals surface area contributed by atoms with E-state index in [1.807, 2.05) is 6.92 Å². The molecule has 3 rings (SSSR count). The summed E-state index contributed by atoms with van der Waals surface area (Å²) in [4.78, 5) is 14.1. The molecule has 0 radical (unpaired) electrons. The largest absolute Gasteiger partial charge is 0.464 e. The van der Waals surface area contributed by atoms with Crippen LogP contribution in [0.1, 0.15) is 13.3 Å². The molecule has 1 aromatic heterocycles. The van der Waals surface area contributed by atoms with Crippen LogP contribution in [-0.2, 0) is 4.74 Å². The molecule has 1 atom stereocenters. The van der Waals surface area contributed by atoms with Crippen LogP contribution in [0.2, 0.25) is 0 Å². The Morgan fingerprint density at radius 1 is 1.46 bits per heavy atom. The molecule has 1 aliphatic rings. The molecule has 5 nitrogen and oxygen atoms in total. The van der Waals surface area contributed by atoms with Crippen molar-refractivity contribution < 1.29 is 18.3 Å². The number of carbonyl (C=O) groups is 1. The molecule has 0 unspecified atom stereocenters. The summed E-state index contributed by atoms with van der Waals surface area (Å²) in [6, 6.07) is 7.80. The van der Waals surface area contributed by atoms with Crippen molar-refractivity contribution in [1.82, 2.24) is 4.90 Å². The molecule has 6 heteroatoms. The summed E-state index contributed by atoms with van der Waals surface area (Å²) < 4.78 is 24.7. The molecule has 1 aromatic carbocycles. The van der Waals surface area contributed by atoms with Crippen molar-refractivity contribution in [1.29, 1.82) is 0 Å². The van der Waals surface area contributed by atoms with Crippen LogP contribution in [0, 0.1) is 11.7 Å². The zero-order chi connectivity index (χ0) is 16.9. The molecule has 128 valence electrons. The number of nitrogens with zero attached hydrogens (tertiary/aromatic N) is 1. The van der Waals surface area contributed by atoms with Gasteiger partial charge in [0.05, 0.1) is 18.6 Å². The third kappa shape index (κ3) is 3.76. The third-order valence-corrected chi connectivity index (χ3v) is 4.14. The predicted octanol–water partition coefficient (Wildman–Crippen LogP) is 3.98. The van der Waals surface area contributed by atoms with Crippen molar-refractivity contribution >= 4 is 11.7 Å². The lowest BCUT2D eigenvalue weighted by Crippen LogP contribution is -2.33. The van der Waals surface area contributed by atoms with E-state index < -0.39 is 5.82 Å². The van der Waals surface area contributed by atoms with Crippen molar-refractivity contribution in [3.8, 4) is 11.3 Å². The highest BCUT2D eigenvalue weighted by Gasteiger charge is 2.26. The smallest absolute Gasteiger partial charge is 0.321 e. The van der Waals surface area contributed by atoms with E-state index in [9.17, 15) is 9.18 Å². The number of hydrogen-bond acceptors (Lipinski definition) is 3. The van der Waals surface area contributed by atoms with Gasteiger partial charge in [-0.15, -0.1) is 0 Å². The molecule has 1 saturated heterocycles. The van der Waals surface area contributed by atoms with Crippen LogP contribution >= 0.6 is 0 Å². The van der Waals surface area contributed by atoms with Crippen molar-refractivity contribution in [3.05, 3.63) is 42.4 Å². The van der Waals surface area contributed by atoms with Crippen LogP contribution < -0.4 is 5.32 Å². The summed E-state index contributed by atoms with van der Waals surface area (Å²) in [5.41, 5.74) is 0.870. The summed E-state index contributed by atoms with van der Waals surface area (Å²) in [5, 5.41) is 2.66. The van der Waals surface area contributed by atoms with E-state index in [-0.39, 0.29) is 11.7 Å². The zero-order valence-corrected chi connectivity index (χ0v) is 13.6. The number of hydrogen-bond donors (Lipinski definition) is 1. The first kappa shape index (κ1) is 16.5. The second-order valence-electron chi connectivity index (χ2n) is 5.86. The van der Waals surface area contributed by atoms with Gasteiger partial charge in [0.25, 0.3) is 0 Å². The van der Waals surface area contributed by atoms with Gasteiger partial charge in [-0.05, 0) is 43.7 Å². The molecule has 0 spiro atoms. The Morgan fingerprint density at radius 2 is 2.33 bits per heavy atom. The summed E-state index contributed by atoms with van der Waals surface area (Å²) in [6.07, 6.45) is 2.46. The molecular formula is C18H21FN2O3. The number of carbonyl (C=O) groups excluding carboxylic acids is 1. The highest BCUT2D eigenvalue weighted by Crippen LogP contribution is 2.26. The van der Waals surface area contributed by atoms with E-state index in [0.717, 1.165) is 6.42 Å². The lowest BCUT2D eigenvalue weighted by Gasteiger charge is -2.18. The number of amides is 2. The van der Waals surface area contributed by atoms with Gasteiger partial charge in [-0.25, -0.2) is 9.18 Å². The van der Waals surface area contributed by atoms with Gasteiger partial charge >= 0.3 is 6.03 Å². The van der Waals surface area contributed by atoms with Gasteiger partial charge in [0.15, 0.2) is 0 Å². The minimum absolute atomic E-state index is 0.155. The van der Waals surface area contributed by atoms with Crippen LogP contribution in [0.25, 0.3) is 11.3 Å². The second-order valence-corrected chi connectivity index (χ2v) is 5.86. The van der Waals surface area contributed by atoms with E-state index in [1.54, 1.807) is 35.4 Å². The lowest BCUT2D eigenvalue weighted by atomic mass is 10.1. The molecule has 2 heterocycles. The van der Waals surface area contributed by atoms with Crippen molar-refractivity contribution in [2.75, 3.05) is 31.6 Å². The predicted molar refractivity (Wildman–Crippen MR) is 89.3 cm³/mol. The van der Waals surface area contributed by atoms with E-state index >= 15 is 0 Å². The van der Waals surface area contributed by atoms with Gasteiger partial charge in [-0.3, -0.25) is 0 Å². The number of anilines is 1. The monoisotopic (exact) mass is 332 g/mol. The average Bonchev–Trinajstić information content (AvgIpc) is 3.26. The molecule has 1 fully saturated rings. The Balaban J connectivity index is 1.65. The summed E-state index contributed by atoms with van der Waals surface area (Å²) in [7, 11) is 0. The van der Waals surface area contributed by atoms with Crippen molar-refractivity contribution in [2.24, 2.45) is 5.92 Å². The van der Waals surface area contributed by atoms with Crippen LogP contribution in [0.3, 0.4) is 0 Å². The maximum absolute atomic E-state index is 14.0. The van der Waals surface area contributed by atoms with E-state index in [4.69, 9.17) is 9.15 Å². The number of benzene rings is 1. The number of nitrogens with one attached hydrogen (secondary N) is 1. The molecule has 0 aliphatic carbocycles. The number of ether oxygens (including phenoxy) is 1. The Hall–Kier alpha value is -2.34. The van der Waals surface area contributed by atoms with Gasteiger partial charge in [-0.1, -0.05) is 0 Å². The molecule has 1 aliphatic heterocycles. The number of likely N-dealkylation sites (tertiary alicyclic amines) is 1. The van der Waals surface area contributed by atoms with Gasteiger partial charge in [0.1, 0.15) is 11.6 Å². The van der Waals surface area contributed by atoms with Crippen LogP contribution in [0.5, 0.6) is 0 Å². The van der Waals surface area contributed by atoms with E-state index in [1.165, 1.54) is 6.07 Å². The number of urea groups is 1. The first-order valence-corrected chi connectivity index (χ1v) is 8.14. The summed E-state index contributed by atoms with van der Waals surface area (Å²) in [6.45, 7) is 4.57. The fraction of sp³-hybridized carbons (Fsp3) is 0.389. The maximum Gasteiger partial charge on any atom is 0.321 e.